The number of nitrogens with zero attached hydrogens (tertiary/aromatic N) is 4. The Morgan fingerprint density at radius 3 is 2.72 bits per heavy atom. The average Bonchev–Trinajstić information content (AvgIpc) is 2.84. The van der Waals surface area contributed by atoms with Gasteiger partial charge in [0.15, 0.2) is 5.82 Å². The predicted molar refractivity (Wildman–Crippen MR) is 62.2 cm³/mol. The maximum absolute atomic E-state index is 12.0. The van der Waals surface area contributed by atoms with Crippen molar-refractivity contribution in [3.8, 4) is 0 Å². The monoisotopic (exact) mass is 272 g/mol. The Balaban J connectivity index is 2.33. The first-order valence-electron chi connectivity index (χ1n) is 5.08. The van der Waals surface area contributed by atoms with Gasteiger partial charge in [-0.2, -0.15) is 5.10 Å². The Bertz CT molecular complexity index is 658. The van der Waals surface area contributed by atoms with Crippen LogP contribution in [0.15, 0.2) is 15.5 Å². The zero-order valence-corrected chi connectivity index (χ0v) is 10.6. The van der Waals surface area contributed by atoms with E-state index in [-0.39, 0.29) is 22.6 Å². The summed E-state index contributed by atoms with van der Waals surface area (Å²) in [4.78, 5) is -0.125. The van der Waals surface area contributed by atoms with E-state index in [1.807, 2.05) is 6.92 Å². The molecule has 2 heterocycles. The number of rotatable bonds is 4. The van der Waals surface area contributed by atoms with E-state index < -0.39 is 10.0 Å². The van der Waals surface area contributed by atoms with Crippen LogP contribution in [-0.4, -0.2) is 28.4 Å². The average molecular weight is 272 g/mol. The van der Waals surface area contributed by atoms with E-state index in [1.54, 1.807) is 6.92 Å². The van der Waals surface area contributed by atoms with Crippen LogP contribution in [-0.2, 0) is 16.6 Å². The van der Waals surface area contributed by atoms with Gasteiger partial charge in [-0.1, -0.05) is 5.10 Å². The number of sulfonamides is 1. The molecule has 10 heteroatoms. The van der Waals surface area contributed by atoms with Crippen LogP contribution in [0.4, 0.5) is 11.8 Å². The third kappa shape index (κ3) is 2.27. The largest absolute Gasteiger partial charge is 0.408 e. The van der Waals surface area contributed by atoms with Crippen LogP contribution >= 0.6 is 0 Å². The van der Waals surface area contributed by atoms with Gasteiger partial charge in [0, 0.05) is 19.7 Å². The molecule has 2 aromatic rings. The van der Waals surface area contributed by atoms with E-state index >= 15 is 0 Å². The van der Waals surface area contributed by atoms with Gasteiger partial charge in [0.2, 0.25) is 5.89 Å². The number of anilines is 2. The van der Waals surface area contributed by atoms with Crippen LogP contribution < -0.4 is 10.5 Å². The molecular weight excluding hydrogens is 260 g/mol. The zero-order valence-electron chi connectivity index (χ0n) is 9.78. The maximum atomic E-state index is 12.0. The minimum atomic E-state index is -3.87. The molecule has 0 aliphatic rings. The first-order valence-corrected chi connectivity index (χ1v) is 6.56. The van der Waals surface area contributed by atoms with Gasteiger partial charge in [-0.3, -0.25) is 4.68 Å². The third-order valence-corrected chi connectivity index (χ3v) is 3.45. The van der Waals surface area contributed by atoms with Crippen molar-refractivity contribution in [2.24, 2.45) is 0 Å². The smallest absolute Gasteiger partial charge is 0.329 e. The minimum absolute atomic E-state index is 0.0828. The van der Waals surface area contributed by atoms with Crippen molar-refractivity contribution in [1.82, 2.24) is 20.0 Å². The normalized spacial score (nSPS) is 11.7. The lowest BCUT2D eigenvalue weighted by Gasteiger charge is -2.01. The molecule has 0 spiro atoms. The number of hydrogen-bond donors (Lipinski definition) is 2. The second kappa shape index (κ2) is 4.29. The van der Waals surface area contributed by atoms with E-state index in [4.69, 9.17) is 10.2 Å². The third-order valence-electron chi connectivity index (χ3n) is 2.12. The second-order valence-corrected chi connectivity index (χ2v) is 5.12. The molecular formula is C8H12N6O3S. The Morgan fingerprint density at radius 2 is 2.22 bits per heavy atom. The molecule has 0 fully saturated rings. The first-order chi connectivity index (χ1) is 8.42. The standard InChI is InChI=1S/C8H12N6O3S/c1-3-14-4-6(7(9)12-14)18(15,16)13-8-11-10-5(2)17-8/h4H,3H2,1-2H3,(H2,9,12)(H,11,13). The van der Waals surface area contributed by atoms with Crippen LogP contribution in [0.3, 0.4) is 0 Å². The summed E-state index contributed by atoms with van der Waals surface area (Å²) in [5.74, 6) is 0.172. The number of nitrogens with two attached hydrogens (primary N) is 1. The van der Waals surface area contributed by atoms with Gasteiger partial charge in [-0.15, -0.1) is 5.10 Å². The molecule has 2 rings (SSSR count). The van der Waals surface area contributed by atoms with E-state index in [0.717, 1.165) is 0 Å². The van der Waals surface area contributed by atoms with Gasteiger partial charge >= 0.3 is 6.01 Å². The summed E-state index contributed by atoms with van der Waals surface area (Å²) in [6.07, 6.45) is 1.33. The Morgan fingerprint density at radius 1 is 1.50 bits per heavy atom. The summed E-state index contributed by atoms with van der Waals surface area (Å²) in [5.41, 5.74) is 5.54. The molecule has 0 radical (unpaired) electrons. The predicted octanol–water partition coefficient (Wildman–Crippen LogP) is -0.0226. The van der Waals surface area contributed by atoms with Crippen LogP contribution in [0.2, 0.25) is 0 Å². The number of nitrogens with one attached hydrogen (secondary N) is 1. The summed E-state index contributed by atoms with van der Waals surface area (Å²) in [7, 11) is -3.87. The molecule has 0 amide bonds. The minimum Gasteiger partial charge on any atom is -0.408 e. The first kappa shape index (κ1) is 12.4. The zero-order chi connectivity index (χ0) is 13.3. The van der Waals surface area contributed by atoms with Crippen molar-refractivity contribution in [1.29, 1.82) is 0 Å². The molecule has 0 aromatic carbocycles. The number of aryl methyl sites for hydroxylation is 2. The molecule has 0 saturated heterocycles. The highest BCUT2D eigenvalue weighted by Gasteiger charge is 2.23. The molecule has 0 aliphatic heterocycles. The van der Waals surface area contributed by atoms with Crippen LogP contribution in [0.25, 0.3) is 0 Å². The van der Waals surface area contributed by atoms with Gasteiger partial charge in [-0.05, 0) is 6.92 Å². The topological polar surface area (TPSA) is 129 Å². The molecule has 3 N–H and O–H groups in total. The highest BCUT2D eigenvalue weighted by molar-refractivity contribution is 7.92. The van der Waals surface area contributed by atoms with E-state index in [0.29, 0.717) is 6.54 Å². The van der Waals surface area contributed by atoms with Crippen molar-refractivity contribution in [3.05, 3.63) is 12.1 Å². The van der Waals surface area contributed by atoms with Crippen LogP contribution in [0.1, 0.15) is 12.8 Å². The fraction of sp³-hybridized carbons (Fsp3) is 0.375. The molecule has 0 atom stereocenters. The summed E-state index contributed by atoms with van der Waals surface area (Å²) < 4.78 is 32.5. The summed E-state index contributed by atoms with van der Waals surface area (Å²) >= 11 is 0. The number of aromatic nitrogens is 4. The highest BCUT2D eigenvalue weighted by atomic mass is 32.2. The van der Waals surface area contributed by atoms with Gasteiger partial charge in [0.25, 0.3) is 10.0 Å². The lowest BCUT2D eigenvalue weighted by atomic mass is 10.6. The molecule has 18 heavy (non-hydrogen) atoms. The second-order valence-electron chi connectivity index (χ2n) is 3.47. The lowest BCUT2D eigenvalue weighted by Crippen LogP contribution is -2.14. The Labute approximate surface area is 103 Å². The summed E-state index contributed by atoms with van der Waals surface area (Å²) in [6.45, 7) is 3.88. The molecule has 2 aromatic heterocycles. The van der Waals surface area contributed by atoms with Crippen molar-refractivity contribution < 1.29 is 12.8 Å². The number of nitrogen functional groups attached to an aromatic ring is 1. The lowest BCUT2D eigenvalue weighted by molar-refractivity contribution is 0.534. The van der Waals surface area contributed by atoms with Gasteiger partial charge < -0.3 is 10.2 Å². The fourth-order valence-corrected chi connectivity index (χ4v) is 2.29. The highest BCUT2D eigenvalue weighted by Crippen LogP contribution is 2.19. The fourth-order valence-electron chi connectivity index (χ4n) is 1.29. The van der Waals surface area contributed by atoms with Crippen molar-refractivity contribution in [3.63, 3.8) is 0 Å². The van der Waals surface area contributed by atoms with Crippen molar-refractivity contribution >= 4 is 21.9 Å². The molecule has 98 valence electrons. The SMILES string of the molecule is CCn1cc(S(=O)(=O)Nc2nnc(C)o2)c(N)n1. The summed E-state index contributed by atoms with van der Waals surface area (Å²) in [5, 5.41) is 10.9. The van der Waals surface area contributed by atoms with Gasteiger partial charge in [0.05, 0.1) is 0 Å². The van der Waals surface area contributed by atoms with Crippen molar-refractivity contribution in [2.45, 2.75) is 25.3 Å². The van der Waals surface area contributed by atoms with Crippen LogP contribution in [0, 0.1) is 6.92 Å². The maximum Gasteiger partial charge on any atom is 0.329 e. The molecule has 0 aliphatic carbocycles. The molecule has 0 saturated carbocycles. The molecule has 9 nitrogen and oxygen atoms in total. The van der Waals surface area contributed by atoms with Crippen molar-refractivity contribution in [2.75, 3.05) is 10.5 Å². The van der Waals surface area contributed by atoms with Gasteiger partial charge in [0.1, 0.15) is 4.90 Å². The van der Waals surface area contributed by atoms with E-state index in [9.17, 15) is 8.42 Å². The van der Waals surface area contributed by atoms with Gasteiger partial charge in [-0.25, -0.2) is 13.1 Å². The van der Waals surface area contributed by atoms with E-state index in [1.165, 1.54) is 10.9 Å². The Hall–Kier alpha value is -2.10. The van der Waals surface area contributed by atoms with E-state index in [2.05, 4.69) is 20.0 Å². The number of hydrogen-bond acceptors (Lipinski definition) is 7. The van der Waals surface area contributed by atoms with Crippen LogP contribution in [0.5, 0.6) is 0 Å². The summed E-state index contributed by atoms with van der Waals surface area (Å²) in [6, 6.07) is -0.212. The Kier molecular flexibility index (Phi) is 2.95. The quantitative estimate of drug-likeness (QED) is 0.799. The molecule has 0 unspecified atom stereocenters. The molecule has 0 bridgehead atoms.